The topological polar surface area (TPSA) is 41.1 Å². The molecule has 1 aliphatic rings. The number of piperazine rings is 1. The van der Waals surface area contributed by atoms with Gasteiger partial charge in [-0.3, -0.25) is 4.79 Å². The van der Waals surface area contributed by atoms with E-state index < -0.39 is 0 Å². The molecule has 1 amide bonds. The average Bonchev–Trinajstić information content (AvgIpc) is 2.08. The zero-order valence-corrected chi connectivity index (χ0v) is 8.34. The minimum absolute atomic E-state index is 0.0174. The molecule has 1 fully saturated rings. The Balaban J connectivity index is 2.44. The van der Waals surface area contributed by atoms with Crippen LogP contribution in [0.1, 0.15) is 20.3 Å². The molecular weight excluding hydrogens is 164 g/mol. The van der Waals surface area contributed by atoms with Crippen LogP contribution in [0.5, 0.6) is 0 Å². The van der Waals surface area contributed by atoms with Crippen LogP contribution in [0.25, 0.3) is 0 Å². The van der Waals surface area contributed by atoms with Crippen LogP contribution in [0.3, 0.4) is 0 Å². The van der Waals surface area contributed by atoms with E-state index in [4.69, 9.17) is 0 Å². The molecule has 1 rings (SSSR count). The fourth-order valence-corrected chi connectivity index (χ4v) is 1.50. The van der Waals surface area contributed by atoms with Gasteiger partial charge in [-0.1, -0.05) is 19.9 Å². The van der Waals surface area contributed by atoms with Gasteiger partial charge in [0.15, 0.2) is 0 Å². The lowest BCUT2D eigenvalue weighted by atomic mass is 10.0. The standard InChI is InChI=1S/C10H18N2O/c1-4-8-6-11-9(5-7(2)3)10(13)12-8/h4,7-9,11H,1,5-6H2,2-3H3,(H,12,13)/t8-,9-/m0/s1. The Hall–Kier alpha value is -0.830. The maximum atomic E-state index is 11.5. The van der Waals surface area contributed by atoms with Crippen LogP contribution in [0, 0.1) is 5.92 Å². The fourth-order valence-electron chi connectivity index (χ4n) is 1.50. The van der Waals surface area contributed by atoms with E-state index in [9.17, 15) is 4.79 Å². The summed E-state index contributed by atoms with van der Waals surface area (Å²) in [5.74, 6) is 0.647. The first-order chi connectivity index (χ1) is 6.13. The summed E-state index contributed by atoms with van der Waals surface area (Å²) >= 11 is 0. The van der Waals surface area contributed by atoms with E-state index in [-0.39, 0.29) is 18.0 Å². The molecule has 2 N–H and O–H groups in total. The van der Waals surface area contributed by atoms with Crippen molar-refractivity contribution in [1.82, 2.24) is 10.6 Å². The molecule has 2 atom stereocenters. The third-order valence-electron chi connectivity index (χ3n) is 2.22. The number of nitrogens with one attached hydrogen (secondary N) is 2. The third-order valence-corrected chi connectivity index (χ3v) is 2.22. The number of hydrogen-bond acceptors (Lipinski definition) is 2. The first-order valence-electron chi connectivity index (χ1n) is 4.79. The van der Waals surface area contributed by atoms with Crippen molar-refractivity contribution in [2.24, 2.45) is 5.92 Å². The van der Waals surface area contributed by atoms with Crippen molar-refractivity contribution < 1.29 is 4.79 Å². The molecule has 0 aliphatic carbocycles. The van der Waals surface area contributed by atoms with Gasteiger partial charge in [-0.2, -0.15) is 0 Å². The highest BCUT2D eigenvalue weighted by Crippen LogP contribution is 2.07. The molecule has 0 radical (unpaired) electrons. The van der Waals surface area contributed by atoms with E-state index in [2.05, 4.69) is 31.1 Å². The highest BCUT2D eigenvalue weighted by molar-refractivity contribution is 5.83. The van der Waals surface area contributed by atoms with Crippen LogP contribution in [-0.4, -0.2) is 24.5 Å². The van der Waals surface area contributed by atoms with Crippen molar-refractivity contribution in [1.29, 1.82) is 0 Å². The van der Waals surface area contributed by atoms with E-state index in [1.807, 2.05) is 0 Å². The highest BCUT2D eigenvalue weighted by atomic mass is 16.2. The molecule has 1 aliphatic heterocycles. The summed E-state index contributed by atoms with van der Waals surface area (Å²) in [6.45, 7) is 8.69. The Kier molecular flexibility index (Phi) is 3.48. The summed E-state index contributed by atoms with van der Waals surface area (Å²) in [5, 5.41) is 6.12. The predicted molar refractivity (Wildman–Crippen MR) is 53.4 cm³/mol. The van der Waals surface area contributed by atoms with Gasteiger partial charge in [0.2, 0.25) is 5.91 Å². The summed E-state index contributed by atoms with van der Waals surface area (Å²) in [5.41, 5.74) is 0. The Bertz CT molecular complexity index is 201. The van der Waals surface area contributed by atoms with Gasteiger partial charge in [-0.25, -0.2) is 0 Å². The lowest BCUT2D eigenvalue weighted by Crippen LogP contribution is -2.57. The van der Waals surface area contributed by atoms with Crippen LogP contribution in [0.2, 0.25) is 0 Å². The number of carbonyl (C=O) groups excluding carboxylic acids is 1. The quantitative estimate of drug-likeness (QED) is 0.630. The Morgan fingerprint density at radius 3 is 2.85 bits per heavy atom. The van der Waals surface area contributed by atoms with Crippen LogP contribution < -0.4 is 10.6 Å². The summed E-state index contributed by atoms with van der Waals surface area (Å²) in [6.07, 6.45) is 2.66. The van der Waals surface area contributed by atoms with Gasteiger partial charge in [-0.15, -0.1) is 6.58 Å². The van der Waals surface area contributed by atoms with Crippen LogP contribution in [0.15, 0.2) is 12.7 Å². The molecule has 0 bridgehead atoms. The van der Waals surface area contributed by atoms with E-state index in [1.165, 1.54) is 0 Å². The molecule has 3 nitrogen and oxygen atoms in total. The number of rotatable bonds is 3. The van der Waals surface area contributed by atoms with Crippen molar-refractivity contribution in [3.63, 3.8) is 0 Å². The summed E-state index contributed by atoms with van der Waals surface area (Å²) in [7, 11) is 0. The van der Waals surface area contributed by atoms with Gasteiger partial charge in [-0.05, 0) is 12.3 Å². The first-order valence-corrected chi connectivity index (χ1v) is 4.79. The molecule has 0 unspecified atom stereocenters. The van der Waals surface area contributed by atoms with Gasteiger partial charge in [0.05, 0.1) is 12.1 Å². The molecule has 0 spiro atoms. The second-order valence-electron chi connectivity index (χ2n) is 3.94. The molecule has 74 valence electrons. The maximum absolute atomic E-state index is 11.5. The lowest BCUT2D eigenvalue weighted by molar-refractivity contribution is -0.125. The molecule has 0 aromatic heterocycles. The van der Waals surface area contributed by atoms with E-state index in [0.717, 1.165) is 13.0 Å². The molecule has 1 saturated heterocycles. The molecular formula is C10H18N2O. The number of carbonyl (C=O) groups is 1. The lowest BCUT2D eigenvalue weighted by Gasteiger charge is -2.29. The summed E-state index contributed by atoms with van der Waals surface area (Å²) in [4.78, 5) is 11.5. The van der Waals surface area contributed by atoms with Crippen molar-refractivity contribution in [2.75, 3.05) is 6.54 Å². The Morgan fingerprint density at radius 1 is 1.69 bits per heavy atom. The van der Waals surface area contributed by atoms with Gasteiger partial charge in [0.1, 0.15) is 0 Å². The second kappa shape index (κ2) is 4.42. The molecule has 0 saturated carbocycles. The predicted octanol–water partition coefficient (Wildman–Crippen LogP) is 0.675. The highest BCUT2D eigenvalue weighted by Gasteiger charge is 2.25. The number of hydrogen-bond donors (Lipinski definition) is 2. The zero-order chi connectivity index (χ0) is 9.84. The minimum atomic E-state index is -0.0174. The first kappa shape index (κ1) is 10.3. The van der Waals surface area contributed by atoms with Crippen LogP contribution >= 0.6 is 0 Å². The molecule has 0 aromatic rings. The van der Waals surface area contributed by atoms with Crippen LogP contribution in [0.4, 0.5) is 0 Å². The minimum Gasteiger partial charge on any atom is -0.347 e. The van der Waals surface area contributed by atoms with E-state index in [0.29, 0.717) is 5.92 Å². The maximum Gasteiger partial charge on any atom is 0.237 e. The second-order valence-corrected chi connectivity index (χ2v) is 3.94. The molecule has 3 heteroatoms. The third kappa shape index (κ3) is 2.84. The normalized spacial score (nSPS) is 28.7. The van der Waals surface area contributed by atoms with E-state index >= 15 is 0 Å². The van der Waals surface area contributed by atoms with Crippen LogP contribution in [-0.2, 0) is 4.79 Å². The Morgan fingerprint density at radius 2 is 2.38 bits per heavy atom. The molecule has 0 aromatic carbocycles. The monoisotopic (exact) mass is 182 g/mol. The molecule has 13 heavy (non-hydrogen) atoms. The summed E-state index contributed by atoms with van der Waals surface area (Å²) < 4.78 is 0. The average molecular weight is 182 g/mol. The number of amides is 1. The Labute approximate surface area is 79.6 Å². The largest absolute Gasteiger partial charge is 0.347 e. The van der Waals surface area contributed by atoms with E-state index in [1.54, 1.807) is 6.08 Å². The van der Waals surface area contributed by atoms with Crippen molar-refractivity contribution >= 4 is 5.91 Å². The van der Waals surface area contributed by atoms with Gasteiger partial charge in [0, 0.05) is 6.54 Å². The fraction of sp³-hybridized carbons (Fsp3) is 0.700. The van der Waals surface area contributed by atoms with Gasteiger partial charge in [0.25, 0.3) is 0 Å². The van der Waals surface area contributed by atoms with Crippen molar-refractivity contribution in [3.05, 3.63) is 12.7 Å². The summed E-state index contributed by atoms with van der Waals surface area (Å²) in [6, 6.07) is 0.0760. The van der Waals surface area contributed by atoms with Crippen molar-refractivity contribution in [3.8, 4) is 0 Å². The van der Waals surface area contributed by atoms with Gasteiger partial charge >= 0.3 is 0 Å². The van der Waals surface area contributed by atoms with Gasteiger partial charge < -0.3 is 10.6 Å². The zero-order valence-electron chi connectivity index (χ0n) is 8.34. The smallest absolute Gasteiger partial charge is 0.237 e. The molecule has 1 heterocycles. The SMILES string of the molecule is C=C[C@H]1CN[C@@H](CC(C)C)C(=O)N1. The van der Waals surface area contributed by atoms with Crippen molar-refractivity contribution in [2.45, 2.75) is 32.4 Å².